The first-order valence-corrected chi connectivity index (χ1v) is 3.62. The molecule has 2 heteroatoms. The maximum atomic E-state index is 5.60. The molecule has 2 nitrogen and oxygen atoms in total. The van der Waals surface area contributed by atoms with E-state index in [4.69, 9.17) is 10.5 Å². The van der Waals surface area contributed by atoms with E-state index in [1.54, 1.807) is 7.11 Å². The Kier molecular flexibility index (Phi) is 2.49. The Labute approximate surface area is 67.0 Å². The Bertz CT molecular complexity index is 235. The van der Waals surface area contributed by atoms with Crippen molar-refractivity contribution in [3.63, 3.8) is 0 Å². The SMILES string of the molecule is COC(C)c1cccc(N)c1. The highest BCUT2D eigenvalue weighted by atomic mass is 16.5. The summed E-state index contributed by atoms with van der Waals surface area (Å²) < 4.78 is 5.14. The molecule has 0 aliphatic heterocycles. The molecule has 1 atom stereocenters. The smallest absolute Gasteiger partial charge is 0.0793 e. The predicted octanol–water partition coefficient (Wildman–Crippen LogP) is 1.98. The van der Waals surface area contributed by atoms with Gasteiger partial charge in [-0.2, -0.15) is 0 Å². The molecule has 1 aromatic rings. The average Bonchev–Trinajstić information content (AvgIpc) is 2.03. The van der Waals surface area contributed by atoms with Crippen LogP contribution in [-0.2, 0) is 4.74 Å². The van der Waals surface area contributed by atoms with Crippen LogP contribution in [0.5, 0.6) is 0 Å². The number of hydrogen-bond donors (Lipinski definition) is 1. The topological polar surface area (TPSA) is 35.2 Å². The van der Waals surface area contributed by atoms with Gasteiger partial charge in [0.1, 0.15) is 0 Å². The molecule has 11 heavy (non-hydrogen) atoms. The van der Waals surface area contributed by atoms with E-state index in [0.29, 0.717) is 0 Å². The van der Waals surface area contributed by atoms with E-state index in [1.165, 1.54) is 0 Å². The molecular formula is C9H13NO. The second kappa shape index (κ2) is 3.39. The van der Waals surface area contributed by atoms with E-state index >= 15 is 0 Å². The first-order chi connectivity index (χ1) is 5.24. The molecule has 0 saturated carbocycles. The summed E-state index contributed by atoms with van der Waals surface area (Å²) in [6.07, 6.45) is 0.124. The van der Waals surface area contributed by atoms with Crippen LogP contribution in [0.15, 0.2) is 24.3 Å². The van der Waals surface area contributed by atoms with Gasteiger partial charge in [-0.25, -0.2) is 0 Å². The van der Waals surface area contributed by atoms with Crippen molar-refractivity contribution in [1.82, 2.24) is 0 Å². The summed E-state index contributed by atoms with van der Waals surface area (Å²) in [5.74, 6) is 0. The summed E-state index contributed by atoms with van der Waals surface area (Å²) in [6, 6.07) is 7.73. The summed E-state index contributed by atoms with van der Waals surface area (Å²) in [5.41, 5.74) is 7.50. The third-order valence-electron chi connectivity index (χ3n) is 1.73. The standard InChI is InChI=1S/C9H13NO/c1-7(11-2)8-4-3-5-9(10)6-8/h3-7H,10H2,1-2H3. The Balaban J connectivity index is 2.86. The van der Waals surface area contributed by atoms with E-state index in [1.807, 2.05) is 31.2 Å². The van der Waals surface area contributed by atoms with Crippen LogP contribution in [0.3, 0.4) is 0 Å². The monoisotopic (exact) mass is 151 g/mol. The van der Waals surface area contributed by atoms with E-state index in [0.717, 1.165) is 11.3 Å². The fraction of sp³-hybridized carbons (Fsp3) is 0.333. The molecule has 1 aromatic carbocycles. The van der Waals surface area contributed by atoms with Gasteiger partial charge in [0, 0.05) is 12.8 Å². The van der Waals surface area contributed by atoms with Crippen LogP contribution < -0.4 is 5.73 Å². The molecule has 0 aliphatic rings. The van der Waals surface area contributed by atoms with Crippen molar-refractivity contribution in [3.8, 4) is 0 Å². The van der Waals surface area contributed by atoms with Crippen LogP contribution >= 0.6 is 0 Å². The van der Waals surface area contributed by atoms with Crippen molar-refractivity contribution in [2.45, 2.75) is 13.0 Å². The van der Waals surface area contributed by atoms with Gasteiger partial charge < -0.3 is 10.5 Å². The molecule has 0 aliphatic carbocycles. The molecule has 0 radical (unpaired) electrons. The van der Waals surface area contributed by atoms with Crippen LogP contribution in [0.25, 0.3) is 0 Å². The molecular weight excluding hydrogens is 138 g/mol. The van der Waals surface area contributed by atoms with Gasteiger partial charge in [-0.1, -0.05) is 12.1 Å². The van der Waals surface area contributed by atoms with Gasteiger partial charge in [-0.15, -0.1) is 0 Å². The van der Waals surface area contributed by atoms with Gasteiger partial charge >= 0.3 is 0 Å². The van der Waals surface area contributed by atoms with Crippen LogP contribution in [0.1, 0.15) is 18.6 Å². The van der Waals surface area contributed by atoms with Gasteiger partial charge in [0.2, 0.25) is 0 Å². The fourth-order valence-electron chi connectivity index (χ4n) is 0.948. The fourth-order valence-corrected chi connectivity index (χ4v) is 0.948. The highest BCUT2D eigenvalue weighted by Crippen LogP contribution is 2.17. The minimum Gasteiger partial charge on any atom is -0.399 e. The lowest BCUT2D eigenvalue weighted by Crippen LogP contribution is -1.96. The summed E-state index contributed by atoms with van der Waals surface area (Å²) in [4.78, 5) is 0. The maximum Gasteiger partial charge on any atom is 0.0793 e. The van der Waals surface area contributed by atoms with Crippen molar-refractivity contribution in [3.05, 3.63) is 29.8 Å². The highest BCUT2D eigenvalue weighted by molar-refractivity contribution is 5.41. The molecule has 0 amide bonds. The zero-order valence-electron chi connectivity index (χ0n) is 6.87. The van der Waals surface area contributed by atoms with E-state index in [9.17, 15) is 0 Å². The molecule has 0 bridgehead atoms. The number of ether oxygens (including phenoxy) is 1. The molecule has 2 N–H and O–H groups in total. The Morgan fingerprint density at radius 2 is 2.18 bits per heavy atom. The largest absolute Gasteiger partial charge is 0.399 e. The van der Waals surface area contributed by atoms with E-state index < -0.39 is 0 Å². The third kappa shape index (κ3) is 1.95. The Hall–Kier alpha value is -1.02. The van der Waals surface area contributed by atoms with Gasteiger partial charge in [0.25, 0.3) is 0 Å². The van der Waals surface area contributed by atoms with Gasteiger partial charge in [0.05, 0.1) is 6.10 Å². The zero-order valence-corrected chi connectivity index (χ0v) is 6.87. The Morgan fingerprint density at radius 1 is 1.45 bits per heavy atom. The molecule has 0 aromatic heterocycles. The quantitative estimate of drug-likeness (QED) is 0.656. The van der Waals surface area contributed by atoms with Crippen molar-refractivity contribution in [2.75, 3.05) is 12.8 Å². The summed E-state index contributed by atoms with van der Waals surface area (Å²) in [5, 5.41) is 0. The average molecular weight is 151 g/mol. The highest BCUT2D eigenvalue weighted by Gasteiger charge is 2.01. The summed E-state index contributed by atoms with van der Waals surface area (Å²) in [7, 11) is 1.69. The van der Waals surface area contributed by atoms with Gasteiger partial charge in [-0.05, 0) is 24.6 Å². The number of rotatable bonds is 2. The van der Waals surface area contributed by atoms with Gasteiger partial charge in [-0.3, -0.25) is 0 Å². The lowest BCUT2D eigenvalue weighted by Gasteiger charge is -2.09. The maximum absolute atomic E-state index is 5.60. The minimum absolute atomic E-state index is 0.124. The number of benzene rings is 1. The third-order valence-corrected chi connectivity index (χ3v) is 1.73. The number of hydrogen-bond acceptors (Lipinski definition) is 2. The second-order valence-electron chi connectivity index (χ2n) is 2.55. The number of nitrogens with two attached hydrogens (primary N) is 1. The second-order valence-corrected chi connectivity index (χ2v) is 2.55. The summed E-state index contributed by atoms with van der Waals surface area (Å²) in [6.45, 7) is 1.99. The minimum atomic E-state index is 0.124. The lowest BCUT2D eigenvalue weighted by molar-refractivity contribution is 0.119. The van der Waals surface area contributed by atoms with Crippen molar-refractivity contribution >= 4 is 5.69 Å². The number of anilines is 1. The molecule has 0 saturated heterocycles. The molecule has 0 heterocycles. The van der Waals surface area contributed by atoms with Crippen LogP contribution in [-0.4, -0.2) is 7.11 Å². The zero-order chi connectivity index (χ0) is 8.27. The molecule has 60 valence electrons. The van der Waals surface area contributed by atoms with Crippen molar-refractivity contribution < 1.29 is 4.74 Å². The Morgan fingerprint density at radius 3 is 2.73 bits per heavy atom. The van der Waals surface area contributed by atoms with Crippen LogP contribution in [0.4, 0.5) is 5.69 Å². The first-order valence-electron chi connectivity index (χ1n) is 3.62. The number of methoxy groups -OCH3 is 1. The van der Waals surface area contributed by atoms with E-state index in [-0.39, 0.29) is 6.10 Å². The molecule has 0 fully saturated rings. The van der Waals surface area contributed by atoms with Crippen LogP contribution in [0.2, 0.25) is 0 Å². The van der Waals surface area contributed by atoms with Crippen molar-refractivity contribution in [2.24, 2.45) is 0 Å². The van der Waals surface area contributed by atoms with E-state index in [2.05, 4.69) is 0 Å². The normalized spacial score (nSPS) is 12.9. The molecule has 1 rings (SSSR count). The number of nitrogen functional groups attached to an aromatic ring is 1. The molecule has 1 unspecified atom stereocenters. The predicted molar refractivity (Wildman–Crippen MR) is 46.3 cm³/mol. The first kappa shape index (κ1) is 8.08. The van der Waals surface area contributed by atoms with Crippen molar-refractivity contribution in [1.29, 1.82) is 0 Å². The molecule has 0 spiro atoms. The van der Waals surface area contributed by atoms with Gasteiger partial charge in [0.15, 0.2) is 0 Å². The van der Waals surface area contributed by atoms with Crippen LogP contribution in [0, 0.1) is 0 Å². The summed E-state index contributed by atoms with van der Waals surface area (Å²) >= 11 is 0. The lowest BCUT2D eigenvalue weighted by atomic mass is 10.1.